The minimum atomic E-state index is -0.693. The van der Waals surface area contributed by atoms with Crippen LogP contribution in [0.2, 0.25) is 0 Å². The maximum absolute atomic E-state index is 13.1. The summed E-state index contributed by atoms with van der Waals surface area (Å²) in [6, 6.07) is 2.12. The molecule has 0 fully saturated rings. The van der Waals surface area contributed by atoms with Gasteiger partial charge in [-0.3, -0.25) is 5.43 Å². The second-order valence-electron chi connectivity index (χ2n) is 2.52. The number of rotatable bonds is 2. The van der Waals surface area contributed by atoms with Crippen molar-refractivity contribution in [2.75, 3.05) is 0 Å². The standard InChI is InChI=1S/C8H6F2IN3S/c9-5-2-6(10)7(11)1-4(5)3-13-14-8(12)15/h1-3H,(H3,12,14,15). The van der Waals surface area contributed by atoms with Crippen molar-refractivity contribution >= 4 is 46.1 Å². The molecule has 0 unspecified atom stereocenters. The summed E-state index contributed by atoms with van der Waals surface area (Å²) >= 11 is 6.25. The topological polar surface area (TPSA) is 50.4 Å². The molecule has 3 nitrogen and oxygen atoms in total. The number of benzene rings is 1. The highest BCUT2D eigenvalue weighted by atomic mass is 127. The number of hydrazone groups is 1. The minimum Gasteiger partial charge on any atom is -0.375 e. The summed E-state index contributed by atoms with van der Waals surface area (Å²) in [6.45, 7) is 0. The second-order valence-corrected chi connectivity index (χ2v) is 4.12. The van der Waals surface area contributed by atoms with E-state index in [1.165, 1.54) is 12.3 Å². The molecule has 0 aliphatic rings. The first-order chi connectivity index (χ1) is 7.00. The first-order valence-electron chi connectivity index (χ1n) is 3.73. The van der Waals surface area contributed by atoms with Crippen LogP contribution < -0.4 is 11.2 Å². The predicted molar refractivity (Wildman–Crippen MR) is 66.6 cm³/mol. The summed E-state index contributed by atoms with van der Waals surface area (Å²) < 4.78 is 26.3. The fraction of sp³-hybridized carbons (Fsp3) is 0. The Hall–Kier alpha value is -0.830. The number of nitrogens with zero attached hydrogens (tertiary/aromatic N) is 1. The van der Waals surface area contributed by atoms with Crippen molar-refractivity contribution in [3.8, 4) is 0 Å². The van der Waals surface area contributed by atoms with Crippen molar-refractivity contribution < 1.29 is 8.78 Å². The molecule has 0 atom stereocenters. The summed E-state index contributed by atoms with van der Waals surface area (Å²) in [5, 5.41) is 3.54. The highest BCUT2D eigenvalue weighted by Gasteiger charge is 2.05. The Morgan fingerprint density at radius 2 is 2.13 bits per heavy atom. The Bertz CT molecular complexity index is 423. The molecule has 0 aromatic heterocycles. The van der Waals surface area contributed by atoms with Crippen molar-refractivity contribution in [3.63, 3.8) is 0 Å². The van der Waals surface area contributed by atoms with Gasteiger partial charge in [0.05, 0.1) is 6.21 Å². The van der Waals surface area contributed by atoms with Crippen molar-refractivity contribution in [3.05, 3.63) is 32.9 Å². The molecular formula is C8H6F2IN3S. The molecule has 0 heterocycles. The van der Waals surface area contributed by atoms with E-state index >= 15 is 0 Å². The average molecular weight is 341 g/mol. The fourth-order valence-corrected chi connectivity index (χ4v) is 1.35. The lowest BCUT2D eigenvalue weighted by atomic mass is 10.2. The van der Waals surface area contributed by atoms with Gasteiger partial charge in [0.15, 0.2) is 5.11 Å². The quantitative estimate of drug-likeness (QED) is 0.283. The van der Waals surface area contributed by atoms with Crippen LogP contribution in [0.4, 0.5) is 8.78 Å². The fourth-order valence-electron chi connectivity index (χ4n) is 0.802. The summed E-state index contributed by atoms with van der Waals surface area (Å²) in [5.41, 5.74) is 7.53. The lowest BCUT2D eigenvalue weighted by Gasteiger charge is -1.99. The lowest BCUT2D eigenvalue weighted by Crippen LogP contribution is -2.24. The average Bonchev–Trinajstić information content (AvgIpc) is 2.13. The monoisotopic (exact) mass is 341 g/mol. The molecular weight excluding hydrogens is 335 g/mol. The number of nitrogens with one attached hydrogen (secondary N) is 1. The molecule has 15 heavy (non-hydrogen) atoms. The van der Waals surface area contributed by atoms with Gasteiger partial charge in [-0.05, 0) is 40.9 Å². The van der Waals surface area contributed by atoms with Gasteiger partial charge in [0, 0.05) is 15.2 Å². The van der Waals surface area contributed by atoms with Gasteiger partial charge in [0.25, 0.3) is 0 Å². The molecule has 0 bridgehead atoms. The predicted octanol–water partition coefficient (Wildman–Crippen LogP) is 1.74. The highest BCUT2D eigenvalue weighted by Crippen LogP contribution is 2.15. The van der Waals surface area contributed by atoms with Gasteiger partial charge in [-0.2, -0.15) is 5.10 Å². The number of nitrogens with two attached hydrogens (primary N) is 1. The SMILES string of the molecule is NC(=S)NN=Cc1cc(I)c(F)cc1F. The molecule has 3 N–H and O–H groups in total. The molecule has 7 heteroatoms. The van der Waals surface area contributed by atoms with Crippen LogP contribution in [0.15, 0.2) is 17.2 Å². The van der Waals surface area contributed by atoms with Crippen LogP contribution in [0.5, 0.6) is 0 Å². The Morgan fingerprint density at radius 1 is 1.47 bits per heavy atom. The highest BCUT2D eigenvalue weighted by molar-refractivity contribution is 14.1. The second kappa shape index (κ2) is 5.31. The zero-order valence-electron chi connectivity index (χ0n) is 7.30. The molecule has 1 aromatic rings. The lowest BCUT2D eigenvalue weighted by molar-refractivity contribution is 0.577. The van der Waals surface area contributed by atoms with E-state index < -0.39 is 11.6 Å². The third-order valence-corrected chi connectivity index (χ3v) is 2.34. The number of hydrogen-bond acceptors (Lipinski definition) is 2. The van der Waals surface area contributed by atoms with Gasteiger partial charge in [-0.1, -0.05) is 0 Å². The zero-order valence-corrected chi connectivity index (χ0v) is 10.3. The van der Waals surface area contributed by atoms with Crippen LogP contribution in [0.25, 0.3) is 0 Å². The zero-order chi connectivity index (χ0) is 11.4. The largest absolute Gasteiger partial charge is 0.375 e. The van der Waals surface area contributed by atoms with Gasteiger partial charge >= 0.3 is 0 Å². The first kappa shape index (κ1) is 12.2. The molecule has 0 saturated carbocycles. The molecule has 1 rings (SSSR count). The van der Waals surface area contributed by atoms with E-state index in [1.807, 2.05) is 0 Å². The van der Waals surface area contributed by atoms with Crippen LogP contribution in [0, 0.1) is 15.2 Å². The summed E-state index contributed by atoms with van der Waals surface area (Å²) in [7, 11) is 0. The third kappa shape index (κ3) is 3.67. The van der Waals surface area contributed by atoms with Crippen LogP contribution in [-0.2, 0) is 0 Å². The van der Waals surface area contributed by atoms with Gasteiger partial charge in [-0.25, -0.2) is 8.78 Å². The Morgan fingerprint density at radius 3 is 2.73 bits per heavy atom. The summed E-state index contributed by atoms with van der Waals surface area (Å²) in [4.78, 5) is 0. The molecule has 0 radical (unpaired) electrons. The van der Waals surface area contributed by atoms with Crippen LogP contribution in [0.3, 0.4) is 0 Å². The molecule has 1 aromatic carbocycles. The molecule has 0 spiro atoms. The molecule has 0 aliphatic heterocycles. The van der Waals surface area contributed by atoms with Crippen LogP contribution in [-0.4, -0.2) is 11.3 Å². The van der Waals surface area contributed by atoms with E-state index in [0.717, 1.165) is 6.07 Å². The Balaban J connectivity index is 2.90. The van der Waals surface area contributed by atoms with E-state index in [2.05, 4.69) is 22.7 Å². The maximum atomic E-state index is 13.1. The Kier molecular flexibility index (Phi) is 4.33. The summed E-state index contributed by atoms with van der Waals surface area (Å²) in [6.07, 6.45) is 1.18. The van der Waals surface area contributed by atoms with Crippen molar-refractivity contribution in [2.24, 2.45) is 10.8 Å². The van der Waals surface area contributed by atoms with Gasteiger partial charge in [-0.15, -0.1) is 0 Å². The number of halogens is 3. The van der Waals surface area contributed by atoms with Crippen molar-refractivity contribution in [1.29, 1.82) is 0 Å². The van der Waals surface area contributed by atoms with Crippen LogP contribution >= 0.6 is 34.8 Å². The van der Waals surface area contributed by atoms with E-state index in [0.29, 0.717) is 3.57 Å². The summed E-state index contributed by atoms with van der Waals surface area (Å²) in [5.74, 6) is -1.30. The molecule has 80 valence electrons. The van der Waals surface area contributed by atoms with Crippen molar-refractivity contribution in [1.82, 2.24) is 5.43 Å². The van der Waals surface area contributed by atoms with E-state index in [-0.39, 0.29) is 10.7 Å². The number of thiocarbonyl (C=S) groups is 1. The molecule has 0 amide bonds. The smallest absolute Gasteiger partial charge is 0.184 e. The normalized spacial score (nSPS) is 10.6. The van der Waals surface area contributed by atoms with Gasteiger partial charge in [0.2, 0.25) is 0 Å². The van der Waals surface area contributed by atoms with E-state index in [4.69, 9.17) is 5.73 Å². The molecule has 0 saturated heterocycles. The van der Waals surface area contributed by atoms with E-state index in [9.17, 15) is 8.78 Å². The number of hydrogen-bond donors (Lipinski definition) is 2. The van der Waals surface area contributed by atoms with Crippen molar-refractivity contribution in [2.45, 2.75) is 0 Å². The maximum Gasteiger partial charge on any atom is 0.184 e. The third-order valence-electron chi connectivity index (χ3n) is 1.42. The Labute approximate surface area is 104 Å². The molecule has 0 aliphatic carbocycles. The van der Waals surface area contributed by atoms with Gasteiger partial charge in [0.1, 0.15) is 11.6 Å². The van der Waals surface area contributed by atoms with Crippen LogP contribution in [0.1, 0.15) is 5.56 Å². The minimum absolute atomic E-state index is 0.0246. The van der Waals surface area contributed by atoms with E-state index in [1.54, 1.807) is 22.6 Å². The first-order valence-corrected chi connectivity index (χ1v) is 5.22. The van der Waals surface area contributed by atoms with Gasteiger partial charge < -0.3 is 5.73 Å².